The Morgan fingerprint density at radius 2 is 1.93 bits per heavy atom. The fourth-order valence-corrected chi connectivity index (χ4v) is 1.65. The van der Waals surface area contributed by atoms with Gasteiger partial charge < -0.3 is 10.2 Å². The lowest BCUT2D eigenvalue weighted by atomic mass is 10.0. The van der Waals surface area contributed by atoms with E-state index in [0.29, 0.717) is 0 Å². The number of carbonyl (C=O) groups is 2. The number of benzene rings is 1. The zero-order valence-electron chi connectivity index (χ0n) is 8.43. The molecule has 1 aromatic carbocycles. The number of hydrogen-bond donors (Lipinski definition) is 1. The zero-order chi connectivity index (χ0) is 10.8. The highest BCUT2D eigenvalue weighted by Crippen LogP contribution is 2.17. The molecule has 78 valence electrons. The van der Waals surface area contributed by atoms with Crippen molar-refractivity contribution < 1.29 is 9.59 Å². The Hall–Kier alpha value is -1.84. The molecule has 0 aromatic heterocycles. The van der Waals surface area contributed by atoms with Gasteiger partial charge in [-0.3, -0.25) is 9.59 Å². The Morgan fingerprint density at radius 1 is 1.27 bits per heavy atom. The summed E-state index contributed by atoms with van der Waals surface area (Å²) in [5, 5.41) is 2.68. The van der Waals surface area contributed by atoms with Crippen LogP contribution in [0, 0.1) is 0 Å². The van der Waals surface area contributed by atoms with Gasteiger partial charge in [0.05, 0.1) is 6.54 Å². The predicted molar refractivity (Wildman–Crippen MR) is 55.0 cm³/mol. The maximum Gasteiger partial charge on any atom is 0.250 e. The van der Waals surface area contributed by atoms with Crippen molar-refractivity contribution in [2.45, 2.75) is 6.04 Å². The fraction of sp³-hybridized carbons (Fsp3) is 0.273. The first-order chi connectivity index (χ1) is 7.18. The van der Waals surface area contributed by atoms with Crippen molar-refractivity contribution in [3.8, 4) is 0 Å². The van der Waals surface area contributed by atoms with E-state index in [1.165, 1.54) is 4.90 Å². The fourth-order valence-electron chi connectivity index (χ4n) is 1.65. The minimum Gasteiger partial charge on any atom is -0.339 e. The number of piperazine rings is 1. The number of amides is 2. The molecule has 1 heterocycles. The Bertz CT molecular complexity index is 389. The van der Waals surface area contributed by atoms with Crippen LogP contribution in [0.1, 0.15) is 11.6 Å². The average molecular weight is 204 g/mol. The molecular formula is C11H12N2O2. The third-order valence-electron chi connectivity index (χ3n) is 2.44. The van der Waals surface area contributed by atoms with E-state index in [2.05, 4.69) is 5.32 Å². The van der Waals surface area contributed by atoms with Crippen molar-refractivity contribution in [3.05, 3.63) is 35.9 Å². The van der Waals surface area contributed by atoms with Gasteiger partial charge in [0, 0.05) is 7.05 Å². The molecule has 1 saturated heterocycles. The van der Waals surface area contributed by atoms with Crippen molar-refractivity contribution in [1.29, 1.82) is 0 Å². The maximum atomic E-state index is 11.8. The summed E-state index contributed by atoms with van der Waals surface area (Å²) in [6.45, 7) is 0.141. The highest BCUT2D eigenvalue weighted by Gasteiger charge is 2.31. The second-order valence-electron chi connectivity index (χ2n) is 3.61. The first kappa shape index (κ1) is 9.71. The highest BCUT2D eigenvalue weighted by molar-refractivity contribution is 5.95. The molecule has 1 atom stereocenters. The lowest BCUT2D eigenvalue weighted by Crippen LogP contribution is -2.51. The van der Waals surface area contributed by atoms with Crippen molar-refractivity contribution >= 4 is 11.8 Å². The lowest BCUT2D eigenvalue weighted by molar-refractivity contribution is -0.143. The van der Waals surface area contributed by atoms with E-state index in [9.17, 15) is 9.59 Å². The Morgan fingerprint density at radius 3 is 2.60 bits per heavy atom. The van der Waals surface area contributed by atoms with Gasteiger partial charge in [-0.1, -0.05) is 30.3 Å². The van der Waals surface area contributed by atoms with Crippen LogP contribution >= 0.6 is 0 Å². The summed E-state index contributed by atoms with van der Waals surface area (Å²) in [7, 11) is 1.64. The largest absolute Gasteiger partial charge is 0.339 e. The van der Waals surface area contributed by atoms with Crippen LogP contribution in [0.25, 0.3) is 0 Å². The second-order valence-corrected chi connectivity index (χ2v) is 3.61. The first-order valence-electron chi connectivity index (χ1n) is 4.78. The number of rotatable bonds is 1. The van der Waals surface area contributed by atoms with Gasteiger partial charge in [0.25, 0.3) is 0 Å². The monoisotopic (exact) mass is 204 g/mol. The van der Waals surface area contributed by atoms with Crippen LogP contribution in [0.15, 0.2) is 30.3 Å². The summed E-state index contributed by atoms with van der Waals surface area (Å²) in [4.78, 5) is 24.5. The second kappa shape index (κ2) is 3.73. The van der Waals surface area contributed by atoms with Gasteiger partial charge in [-0.05, 0) is 5.56 Å². The number of nitrogens with one attached hydrogen (secondary N) is 1. The van der Waals surface area contributed by atoms with Gasteiger partial charge in [-0.15, -0.1) is 0 Å². The number of likely N-dealkylation sites (N-methyl/N-ethyl adjacent to an activating group) is 1. The van der Waals surface area contributed by atoms with Crippen LogP contribution in [0.4, 0.5) is 0 Å². The molecule has 1 aliphatic rings. The molecule has 0 aliphatic carbocycles. The van der Waals surface area contributed by atoms with Gasteiger partial charge in [0.15, 0.2) is 0 Å². The van der Waals surface area contributed by atoms with Gasteiger partial charge in [-0.2, -0.15) is 0 Å². The Labute approximate surface area is 87.9 Å². The molecule has 2 rings (SSSR count). The van der Waals surface area contributed by atoms with Crippen LogP contribution in [0.5, 0.6) is 0 Å². The number of carbonyl (C=O) groups excluding carboxylic acids is 2. The minimum atomic E-state index is -0.530. The average Bonchev–Trinajstić information content (AvgIpc) is 2.24. The minimum absolute atomic E-state index is 0.0687. The van der Waals surface area contributed by atoms with Crippen LogP contribution in [-0.4, -0.2) is 30.3 Å². The van der Waals surface area contributed by atoms with Crippen molar-refractivity contribution in [3.63, 3.8) is 0 Å². The summed E-state index contributed by atoms with van der Waals surface area (Å²) in [6, 6.07) is 8.72. The summed E-state index contributed by atoms with van der Waals surface area (Å²) in [6.07, 6.45) is 0. The van der Waals surface area contributed by atoms with Gasteiger partial charge in [0.1, 0.15) is 6.04 Å². The lowest BCUT2D eigenvalue weighted by Gasteiger charge is -2.29. The first-order valence-corrected chi connectivity index (χ1v) is 4.78. The molecule has 0 saturated carbocycles. The standard InChI is InChI=1S/C11H12N2O2/c1-13-7-9(14)12-10(11(13)15)8-5-3-2-4-6-8/h2-6,10H,7H2,1H3,(H,12,14)/t10-/m1/s1. The summed E-state index contributed by atoms with van der Waals surface area (Å²) < 4.78 is 0. The van der Waals surface area contributed by atoms with Gasteiger partial charge >= 0.3 is 0 Å². The van der Waals surface area contributed by atoms with E-state index in [1.807, 2.05) is 30.3 Å². The molecule has 0 spiro atoms. The molecule has 4 nitrogen and oxygen atoms in total. The van der Waals surface area contributed by atoms with Gasteiger partial charge in [0.2, 0.25) is 11.8 Å². The van der Waals surface area contributed by atoms with Crippen molar-refractivity contribution in [1.82, 2.24) is 10.2 Å². The van der Waals surface area contributed by atoms with Crippen LogP contribution in [0.3, 0.4) is 0 Å². The van der Waals surface area contributed by atoms with E-state index in [0.717, 1.165) is 5.56 Å². The zero-order valence-corrected chi connectivity index (χ0v) is 8.43. The van der Waals surface area contributed by atoms with Crippen LogP contribution in [-0.2, 0) is 9.59 Å². The third-order valence-corrected chi connectivity index (χ3v) is 2.44. The van der Waals surface area contributed by atoms with E-state index in [1.54, 1.807) is 7.05 Å². The molecule has 0 unspecified atom stereocenters. The Balaban J connectivity index is 2.28. The van der Waals surface area contributed by atoms with Crippen LogP contribution in [0.2, 0.25) is 0 Å². The third kappa shape index (κ3) is 1.83. The molecule has 2 amide bonds. The molecule has 1 N–H and O–H groups in total. The van der Waals surface area contributed by atoms with Crippen LogP contribution < -0.4 is 5.32 Å². The molecule has 1 fully saturated rings. The summed E-state index contributed by atoms with van der Waals surface area (Å²) in [5.41, 5.74) is 0.822. The van der Waals surface area contributed by atoms with E-state index in [-0.39, 0.29) is 18.4 Å². The van der Waals surface area contributed by atoms with Gasteiger partial charge in [-0.25, -0.2) is 0 Å². The molecule has 4 heteroatoms. The molecule has 1 aliphatic heterocycles. The maximum absolute atomic E-state index is 11.8. The molecular weight excluding hydrogens is 192 g/mol. The predicted octanol–water partition coefficient (Wildman–Crippen LogP) is 0.316. The molecule has 15 heavy (non-hydrogen) atoms. The molecule has 0 radical (unpaired) electrons. The number of nitrogens with zero attached hydrogens (tertiary/aromatic N) is 1. The Kier molecular flexibility index (Phi) is 2.41. The topological polar surface area (TPSA) is 49.4 Å². The quantitative estimate of drug-likeness (QED) is 0.716. The number of hydrogen-bond acceptors (Lipinski definition) is 2. The molecule has 0 bridgehead atoms. The SMILES string of the molecule is CN1CC(=O)N[C@H](c2ccccc2)C1=O. The van der Waals surface area contributed by atoms with Crippen molar-refractivity contribution in [2.75, 3.05) is 13.6 Å². The van der Waals surface area contributed by atoms with E-state index in [4.69, 9.17) is 0 Å². The summed E-state index contributed by atoms with van der Waals surface area (Å²) >= 11 is 0. The summed E-state index contributed by atoms with van der Waals surface area (Å²) in [5.74, 6) is -0.188. The van der Waals surface area contributed by atoms with E-state index >= 15 is 0 Å². The van der Waals surface area contributed by atoms with E-state index < -0.39 is 6.04 Å². The normalized spacial score (nSPS) is 21.4. The highest BCUT2D eigenvalue weighted by atomic mass is 16.2. The molecule has 1 aromatic rings. The smallest absolute Gasteiger partial charge is 0.250 e. The van der Waals surface area contributed by atoms with Crippen molar-refractivity contribution in [2.24, 2.45) is 0 Å².